The van der Waals surface area contributed by atoms with E-state index in [2.05, 4.69) is 9.71 Å². The summed E-state index contributed by atoms with van der Waals surface area (Å²) in [6.45, 7) is 3.33. The molecule has 0 aliphatic heterocycles. The first-order chi connectivity index (χ1) is 12.3. The Morgan fingerprint density at radius 2 is 1.69 bits per heavy atom. The lowest BCUT2D eigenvalue weighted by atomic mass is 10.0. The van der Waals surface area contributed by atoms with Crippen LogP contribution in [0.3, 0.4) is 0 Å². The van der Waals surface area contributed by atoms with Gasteiger partial charge in [-0.2, -0.15) is 0 Å². The summed E-state index contributed by atoms with van der Waals surface area (Å²) in [6.07, 6.45) is 0. The molecule has 0 saturated heterocycles. The van der Waals surface area contributed by atoms with E-state index >= 15 is 0 Å². The predicted octanol–water partition coefficient (Wildman–Crippen LogP) is 4.96. The molecule has 0 amide bonds. The van der Waals surface area contributed by atoms with Crippen molar-refractivity contribution in [3.8, 4) is 11.1 Å². The Hall–Kier alpha value is -2.44. The zero-order valence-corrected chi connectivity index (χ0v) is 15.7. The maximum atomic E-state index is 14.0. The van der Waals surface area contributed by atoms with Crippen molar-refractivity contribution in [2.24, 2.45) is 0 Å². The molecule has 0 atom stereocenters. The van der Waals surface area contributed by atoms with E-state index in [0.717, 1.165) is 0 Å². The fourth-order valence-corrected chi connectivity index (χ4v) is 4.15. The van der Waals surface area contributed by atoms with Crippen LogP contribution in [0.5, 0.6) is 0 Å². The average Bonchev–Trinajstić information content (AvgIpc) is 2.58. The van der Waals surface area contributed by atoms with Gasteiger partial charge in [0.15, 0.2) is 0 Å². The lowest BCUT2D eigenvalue weighted by molar-refractivity contribution is 0.600. The number of benzene rings is 2. The molecule has 0 bridgehead atoms. The van der Waals surface area contributed by atoms with E-state index in [1.54, 1.807) is 50.2 Å². The first-order valence-corrected chi connectivity index (χ1v) is 9.66. The van der Waals surface area contributed by atoms with Crippen molar-refractivity contribution in [3.05, 3.63) is 76.7 Å². The van der Waals surface area contributed by atoms with Crippen LogP contribution in [0.2, 0.25) is 5.02 Å². The highest BCUT2D eigenvalue weighted by atomic mass is 35.5. The van der Waals surface area contributed by atoms with Crippen molar-refractivity contribution in [2.75, 3.05) is 4.72 Å². The third kappa shape index (κ3) is 3.57. The summed E-state index contributed by atoms with van der Waals surface area (Å²) in [4.78, 5) is 4.35. The Labute approximate surface area is 156 Å². The van der Waals surface area contributed by atoms with Gasteiger partial charge in [0, 0.05) is 21.8 Å². The van der Waals surface area contributed by atoms with E-state index in [0.29, 0.717) is 27.4 Å². The predicted molar refractivity (Wildman–Crippen MR) is 101 cm³/mol. The monoisotopic (exact) mass is 390 g/mol. The van der Waals surface area contributed by atoms with E-state index in [4.69, 9.17) is 11.6 Å². The highest BCUT2D eigenvalue weighted by molar-refractivity contribution is 7.92. The van der Waals surface area contributed by atoms with E-state index in [-0.39, 0.29) is 16.5 Å². The molecule has 2 aromatic carbocycles. The number of pyridine rings is 1. The van der Waals surface area contributed by atoms with Crippen molar-refractivity contribution in [3.63, 3.8) is 0 Å². The second kappa shape index (κ2) is 7.05. The van der Waals surface area contributed by atoms with Crippen LogP contribution in [0.15, 0.2) is 59.5 Å². The van der Waals surface area contributed by atoms with Gasteiger partial charge >= 0.3 is 0 Å². The zero-order chi connectivity index (χ0) is 18.9. The van der Waals surface area contributed by atoms with E-state index in [1.165, 1.54) is 18.2 Å². The normalized spacial score (nSPS) is 11.4. The number of nitrogens with one attached hydrogen (secondary N) is 1. The molecule has 0 radical (unpaired) electrons. The summed E-state index contributed by atoms with van der Waals surface area (Å²) >= 11 is 6.01. The summed E-state index contributed by atoms with van der Waals surface area (Å²) < 4.78 is 41.7. The molecule has 0 fully saturated rings. The quantitative estimate of drug-likeness (QED) is 0.685. The highest BCUT2D eigenvalue weighted by Crippen LogP contribution is 2.28. The second-order valence-electron chi connectivity index (χ2n) is 5.78. The van der Waals surface area contributed by atoms with Gasteiger partial charge in [0.2, 0.25) is 0 Å². The maximum Gasteiger partial charge on any atom is 0.263 e. The minimum atomic E-state index is -3.84. The molecule has 7 heteroatoms. The van der Waals surface area contributed by atoms with Crippen LogP contribution in [0.1, 0.15) is 11.3 Å². The van der Waals surface area contributed by atoms with Crippen molar-refractivity contribution < 1.29 is 12.8 Å². The lowest BCUT2D eigenvalue weighted by Gasteiger charge is -2.13. The minimum absolute atomic E-state index is 0.0858. The average molecular weight is 391 g/mol. The van der Waals surface area contributed by atoms with Crippen molar-refractivity contribution in [1.29, 1.82) is 0 Å². The molecule has 3 aromatic rings. The summed E-state index contributed by atoms with van der Waals surface area (Å²) in [6, 6.07) is 14.2. The Balaban J connectivity index is 1.95. The molecular weight excluding hydrogens is 375 g/mol. The number of aromatic nitrogens is 1. The van der Waals surface area contributed by atoms with Gasteiger partial charge in [-0.25, -0.2) is 17.8 Å². The smallest absolute Gasteiger partial charge is 0.263 e. The SMILES string of the molecule is Cc1nc(NS(=O)(=O)c2cccc(Cl)c2C)ccc1-c1ccccc1F. The first kappa shape index (κ1) is 18.4. The summed E-state index contributed by atoms with van der Waals surface area (Å²) in [5.41, 5.74) is 1.99. The van der Waals surface area contributed by atoms with Crippen LogP contribution in [0, 0.1) is 19.7 Å². The van der Waals surface area contributed by atoms with Gasteiger partial charge < -0.3 is 0 Å². The minimum Gasteiger partial charge on any atom is -0.263 e. The van der Waals surface area contributed by atoms with Gasteiger partial charge in [0.1, 0.15) is 11.6 Å². The Kier molecular flexibility index (Phi) is 4.98. The van der Waals surface area contributed by atoms with E-state index < -0.39 is 10.0 Å². The zero-order valence-electron chi connectivity index (χ0n) is 14.1. The van der Waals surface area contributed by atoms with Crippen LogP contribution in [0.4, 0.5) is 10.2 Å². The van der Waals surface area contributed by atoms with Gasteiger partial charge in [0.25, 0.3) is 10.0 Å². The lowest BCUT2D eigenvalue weighted by Crippen LogP contribution is -2.15. The van der Waals surface area contributed by atoms with Gasteiger partial charge in [-0.15, -0.1) is 0 Å². The number of sulfonamides is 1. The summed E-state index contributed by atoms with van der Waals surface area (Å²) in [7, 11) is -3.84. The molecule has 26 heavy (non-hydrogen) atoms. The van der Waals surface area contributed by atoms with Crippen LogP contribution >= 0.6 is 11.6 Å². The topological polar surface area (TPSA) is 59.1 Å². The largest absolute Gasteiger partial charge is 0.263 e. The van der Waals surface area contributed by atoms with Crippen LogP contribution < -0.4 is 4.72 Å². The van der Waals surface area contributed by atoms with E-state index in [1.807, 2.05) is 0 Å². The molecule has 0 unspecified atom stereocenters. The Bertz CT molecular complexity index is 1080. The van der Waals surface area contributed by atoms with Crippen LogP contribution in [-0.4, -0.2) is 13.4 Å². The number of aryl methyl sites for hydroxylation is 1. The van der Waals surface area contributed by atoms with Crippen molar-refractivity contribution in [2.45, 2.75) is 18.7 Å². The molecule has 0 spiro atoms. The van der Waals surface area contributed by atoms with Crippen LogP contribution in [0.25, 0.3) is 11.1 Å². The molecule has 0 saturated carbocycles. The number of hydrogen-bond acceptors (Lipinski definition) is 3. The van der Waals surface area contributed by atoms with Gasteiger partial charge in [0.05, 0.1) is 4.90 Å². The number of rotatable bonds is 4. The molecule has 1 N–H and O–H groups in total. The number of hydrogen-bond donors (Lipinski definition) is 1. The van der Waals surface area contributed by atoms with Gasteiger partial charge in [-0.1, -0.05) is 35.9 Å². The van der Waals surface area contributed by atoms with Gasteiger partial charge in [-0.05, 0) is 49.7 Å². The number of halogens is 2. The first-order valence-electron chi connectivity index (χ1n) is 7.80. The molecule has 3 rings (SSSR count). The molecule has 1 heterocycles. The molecular formula is C19H16ClFN2O2S. The molecule has 0 aliphatic carbocycles. The number of nitrogens with zero attached hydrogens (tertiary/aromatic N) is 1. The highest BCUT2D eigenvalue weighted by Gasteiger charge is 2.19. The summed E-state index contributed by atoms with van der Waals surface area (Å²) in [5.74, 6) is -0.206. The molecule has 134 valence electrons. The Morgan fingerprint density at radius 3 is 2.38 bits per heavy atom. The van der Waals surface area contributed by atoms with Gasteiger partial charge in [-0.3, -0.25) is 4.72 Å². The van der Waals surface area contributed by atoms with Crippen molar-refractivity contribution in [1.82, 2.24) is 4.98 Å². The third-order valence-corrected chi connectivity index (χ3v) is 5.90. The standard InChI is InChI=1S/C19H16ClFN2O2S/c1-12-16(20)7-5-9-18(12)26(24,25)23-19-11-10-14(13(2)22-19)15-6-3-4-8-17(15)21/h3-11H,1-2H3,(H,22,23). The third-order valence-electron chi connectivity index (χ3n) is 4.00. The molecule has 0 aliphatic rings. The second-order valence-corrected chi connectivity index (χ2v) is 7.84. The molecule has 1 aromatic heterocycles. The van der Waals surface area contributed by atoms with Crippen LogP contribution in [-0.2, 0) is 10.0 Å². The fraction of sp³-hybridized carbons (Fsp3) is 0.105. The Morgan fingerprint density at radius 1 is 0.962 bits per heavy atom. The fourth-order valence-electron chi connectivity index (χ4n) is 2.65. The maximum absolute atomic E-state index is 14.0. The van der Waals surface area contributed by atoms with Crippen molar-refractivity contribution >= 4 is 27.4 Å². The van der Waals surface area contributed by atoms with E-state index in [9.17, 15) is 12.8 Å². The molecule has 4 nitrogen and oxygen atoms in total. The summed E-state index contributed by atoms with van der Waals surface area (Å²) in [5, 5.41) is 0.368. The number of anilines is 1.